The van der Waals surface area contributed by atoms with Crippen LogP contribution in [0.2, 0.25) is 0 Å². The lowest BCUT2D eigenvalue weighted by atomic mass is 10.3. The van der Waals surface area contributed by atoms with Crippen molar-refractivity contribution in [1.29, 1.82) is 0 Å². The lowest BCUT2D eigenvalue weighted by Gasteiger charge is -2.03. The van der Waals surface area contributed by atoms with Gasteiger partial charge in [-0.3, -0.25) is 4.79 Å². The topological polar surface area (TPSA) is 74.0 Å². The van der Waals surface area contributed by atoms with Gasteiger partial charge in [0.2, 0.25) is 5.88 Å². The van der Waals surface area contributed by atoms with E-state index in [2.05, 4.69) is 5.10 Å². The first-order valence-electron chi connectivity index (χ1n) is 5.08. The highest BCUT2D eigenvalue weighted by atomic mass is 16.3. The molecule has 0 radical (unpaired) electrons. The molecule has 2 heterocycles. The summed E-state index contributed by atoms with van der Waals surface area (Å²) in [5, 5.41) is 5.05. The van der Waals surface area contributed by atoms with Gasteiger partial charge >= 0.3 is 0 Å². The first-order chi connectivity index (χ1) is 8.27. The van der Waals surface area contributed by atoms with Crippen LogP contribution >= 0.6 is 0 Å². The molecule has 2 aromatic heterocycles. The van der Waals surface area contributed by atoms with E-state index in [0.29, 0.717) is 16.5 Å². The van der Waals surface area contributed by atoms with Crippen molar-refractivity contribution in [2.45, 2.75) is 0 Å². The maximum absolute atomic E-state index is 12.2. The Kier molecular flexibility index (Phi) is 1.98. The van der Waals surface area contributed by atoms with E-state index in [1.54, 1.807) is 18.3 Å². The molecule has 5 nitrogen and oxygen atoms in total. The molecule has 1 aromatic carbocycles. The maximum atomic E-state index is 12.2. The monoisotopic (exact) mass is 227 g/mol. The van der Waals surface area contributed by atoms with E-state index in [1.807, 2.05) is 18.2 Å². The van der Waals surface area contributed by atoms with Crippen molar-refractivity contribution in [1.82, 2.24) is 9.78 Å². The zero-order valence-electron chi connectivity index (χ0n) is 8.83. The van der Waals surface area contributed by atoms with Gasteiger partial charge in [0.15, 0.2) is 0 Å². The van der Waals surface area contributed by atoms with Crippen LogP contribution in [-0.2, 0) is 0 Å². The standard InChI is InChI=1S/C12H9N3O2/c13-11-10-8(7-17-11)6-14-15(12(10)16)9-4-2-1-3-5-9/h1-7H,13H2. The van der Waals surface area contributed by atoms with Gasteiger partial charge in [-0.2, -0.15) is 9.78 Å². The zero-order valence-corrected chi connectivity index (χ0v) is 8.83. The van der Waals surface area contributed by atoms with Crippen LogP contribution in [-0.4, -0.2) is 9.78 Å². The van der Waals surface area contributed by atoms with Gasteiger partial charge in [0, 0.05) is 5.39 Å². The smallest absolute Gasteiger partial charge is 0.284 e. The Morgan fingerprint density at radius 3 is 2.76 bits per heavy atom. The molecule has 0 bridgehead atoms. The molecule has 3 aromatic rings. The van der Waals surface area contributed by atoms with Crippen molar-refractivity contribution >= 4 is 16.7 Å². The van der Waals surface area contributed by atoms with E-state index in [-0.39, 0.29) is 11.4 Å². The van der Waals surface area contributed by atoms with Crippen LogP contribution in [0.3, 0.4) is 0 Å². The van der Waals surface area contributed by atoms with Gasteiger partial charge in [-0.25, -0.2) is 0 Å². The molecule has 0 aliphatic carbocycles. The summed E-state index contributed by atoms with van der Waals surface area (Å²) >= 11 is 0. The molecule has 0 amide bonds. The number of fused-ring (bicyclic) bond motifs is 1. The summed E-state index contributed by atoms with van der Waals surface area (Å²) in [6.07, 6.45) is 2.98. The van der Waals surface area contributed by atoms with Gasteiger partial charge in [-0.15, -0.1) is 0 Å². The van der Waals surface area contributed by atoms with Gasteiger partial charge in [0.1, 0.15) is 11.6 Å². The fourth-order valence-corrected chi connectivity index (χ4v) is 1.74. The third kappa shape index (κ3) is 1.40. The largest absolute Gasteiger partial charge is 0.448 e. The molecule has 0 saturated heterocycles. The first-order valence-corrected chi connectivity index (χ1v) is 5.08. The first kappa shape index (κ1) is 9.65. The lowest BCUT2D eigenvalue weighted by molar-refractivity contribution is 0.592. The minimum Gasteiger partial charge on any atom is -0.448 e. The van der Waals surface area contributed by atoms with Gasteiger partial charge in [0.25, 0.3) is 5.56 Å². The predicted octanol–water partition coefficient (Wildman–Crippen LogP) is 1.56. The number of nitrogens with zero attached hydrogens (tertiary/aromatic N) is 2. The van der Waals surface area contributed by atoms with Crippen LogP contribution < -0.4 is 11.3 Å². The fraction of sp³-hybridized carbons (Fsp3) is 0. The van der Waals surface area contributed by atoms with E-state index in [1.165, 1.54) is 10.9 Å². The number of aromatic nitrogens is 2. The summed E-state index contributed by atoms with van der Waals surface area (Å²) in [7, 11) is 0. The van der Waals surface area contributed by atoms with E-state index in [4.69, 9.17) is 10.2 Å². The number of nitrogen functional groups attached to an aromatic ring is 1. The quantitative estimate of drug-likeness (QED) is 0.684. The molecule has 0 aliphatic rings. The summed E-state index contributed by atoms with van der Waals surface area (Å²) in [4.78, 5) is 12.2. The van der Waals surface area contributed by atoms with Crippen molar-refractivity contribution in [2.75, 3.05) is 5.73 Å². The maximum Gasteiger partial charge on any atom is 0.284 e. The van der Waals surface area contributed by atoms with Crippen LogP contribution in [0.4, 0.5) is 5.88 Å². The van der Waals surface area contributed by atoms with Gasteiger partial charge in [0.05, 0.1) is 11.9 Å². The van der Waals surface area contributed by atoms with E-state index in [0.717, 1.165) is 0 Å². The van der Waals surface area contributed by atoms with Gasteiger partial charge in [-0.1, -0.05) is 18.2 Å². The molecule has 84 valence electrons. The summed E-state index contributed by atoms with van der Waals surface area (Å²) in [5.41, 5.74) is 6.03. The minimum absolute atomic E-state index is 0.122. The van der Waals surface area contributed by atoms with E-state index < -0.39 is 0 Å². The highest BCUT2D eigenvalue weighted by molar-refractivity contribution is 5.88. The Morgan fingerprint density at radius 1 is 1.24 bits per heavy atom. The van der Waals surface area contributed by atoms with Gasteiger partial charge < -0.3 is 10.2 Å². The van der Waals surface area contributed by atoms with Crippen LogP contribution in [0.1, 0.15) is 0 Å². The summed E-state index contributed by atoms with van der Waals surface area (Å²) in [6.45, 7) is 0. The number of rotatable bonds is 1. The van der Waals surface area contributed by atoms with Crippen LogP contribution in [0.5, 0.6) is 0 Å². The molecule has 17 heavy (non-hydrogen) atoms. The summed E-state index contributed by atoms with van der Waals surface area (Å²) < 4.78 is 6.31. The molecule has 0 fully saturated rings. The second-order valence-corrected chi connectivity index (χ2v) is 3.63. The van der Waals surface area contributed by atoms with E-state index in [9.17, 15) is 4.79 Å². The Hall–Kier alpha value is -2.56. The van der Waals surface area contributed by atoms with E-state index >= 15 is 0 Å². The lowest BCUT2D eigenvalue weighted by Crippen LogP contribution is -2.20. The molecular weight excluding hydrogens is 218 g/mol. The Balaban J connectivity index is 2.36. The second-order valence-electron chi connectivity index (χ2n) is 3.63. The molecular formula is C12H9N3O2. The van der Waals surface area contributed by atoms with Crippen LogP contribution in [0, 0.1) is 0 Å². The average molecular weight is 227 g/mol. The molecule has 0 unspecified atom stereocenters. The normalized spacial score (nSPS) is 10.8. The molecule has 0 saturated carbocycles. The number of furan rings is 1. The minimum atomic E-state index is -0.278. The Morgan fingerprint density at radius 2 is 2.00 bits per heavy atom. The molecule has 0 spiro atoms. The second kappa shape index (κ2) is 3.48. The van der Waals surface area contributed by atoms with Gasteiger partial charge in [-0.05, 0) is 12.1 Å². The van der Waals surface area contributed by atoms with Crippen molar-refractivity contribution in [3.05, 3.63) is 53.1 Å². The number of benzene rings is 1. The molecule has 5 heteroatoms. The van der Waals surface area contributed by atoms with Crippen molar-refractivity contribution < 1.29 is 4.42 Å². The van der Waals surface area contributed by atoms with Crippen molar-refractivity contribution in [3.63, 3.8) is 0 Å². The third-order valence-electron chi connectivity index (χ3n) is 2.57. The Labute approximate surface area is 96.1 Å². The summed E-state index contributed by atoms with van der Waals surface area (Å²) in [6, 6.07) is 9.16. The highest BCUT2D eigenvalue weighted by Crippen LogP contribution is 2.18. The molecule has 0 atom stereocenters. The highest BCUT2D eigenvalue weighted by Gasteiger charge is 2.11. The average Bonchev–Trinajstić information content (AvgIpc) is 2.73. The van der Waals surface area contributed by atoms with Crippen LogP contribution in [0.15, 0.2) is 52.0 Å². The van der Waals surface area contributed by atoms with Crippen LogP contribution in [0.25, 0.3) is 16.5 Å². The third-order valence-corrected chi connectivity index (χ3v) is 2.57. The zero-order chi connectivity index (χ0) is 11.8. The van der Waals surface area contributed by atoms with Crippen molar-refractivity contribution in [2.24, 2.45) is 0 Å². The predicted molar refractivity (Wildman–Crippen MR) is 64.0 cm³/mol. The fourth-order valence-electron chi connectivity index (χ4n) is 1.74. The number of para-hydroxylation sites is 1. The van der Waals surface area contributed by atoms with Crippen molar-refractivity contribution in [3.8, 4) is 5.69 Å². The number of nitrogens with two attached hydrogens (primary N) is 1. The Bertz CT molecular complexity index is 728. The SMILES string of the molecule is Nc1occ2cnn(-c3ccccc3)c(=O)c12. The molecule has 0 aliphatic heterocycles. The number of hydrogen-bond donors (Lipinski definition) is 1. The number of anilines is 1. The summed E-state index contributed by atoms with van der Waals surface area (Å²) in [5.74, 6) is 0.122. The molecule has 2 N–H and O–H groups in total. The molecule has 3 rings (SSSR count). The number of hydrogen-bond acceptors (Lipinski definition) is 4.